The summed E-state index contributed by atoms with van der Waals surface area (Å²) in [5.41, 5.74) is 1.47. The van der Waals surface area contributed by atoms with Crippen LogP contribution in [0.3, 0.4) is 0 Å². The van der Waals surface area contributed by atoms with Crippen molar-refractivity contribution in [1.82, 2.24) is 4.90 Å². The number of hydrogen-bond acceptors (Lipinski definition) is 8. The minimum absolute atomic E-state index is 0.0128. The highest BCUT2D eigenvalue weighted by atomic mass is 32.1. The summed E-state index contributed by atoms with van der Waals surface area (Å²) in [5, 5.41) is 3.04. The van der Waals surface area contributed by atoms with Gasteiger partial charge in [-0.1, -0.05) is 18.2 Å². The number of methoxy groups -OCH3 is 2. The van der Waals surface area contributed by atoms with Crippen molar-refractivity contribution in [2.45, 2.75) is 19.9 Å². The summed E-state index contributed by atoms with van der Waals surface area (Å²) in [6.45, 7) is 1.79. The van der Waals surface area contributed by atoms with Crippen molar-refractivity contribution in [3.63, 3.8) is 0 Å². The van der Waals surface area contributed by atoms with Crippen molar-refractivity contribution in [1.29, 1.82) is 0 Å². The summed E-state index contributed by atoms with van der Waals surface area (Å²) in [6, 6.07) is 13.3. The van der Waals surface area contributed by atoms with E-state index in [9.17, 15) is 19.2 Å². The smallest absolute Gasteiger partial charge is 0.341 e. The van der Waals surface area contributed by atoms with E-state index in [1.807, 2.05) is 0 Å². The number of anilines is 1. The molecule has 0 atom stereocenters. The zero-order valence-electron chi connectivity index (χ0n) is 20.0. The summed E-state index contributed by atoms with van der Waals surface area (Å²) in [6.07, 6.45) is -0.0128. The molecule has 186 valence electrons. The van der Waals surface area contributed by atoms with E-state index in [1.165, 1.54) is 20.3 Å². The Morgan fingerprint density at radius 1 is 0.972 bits per heavy atom. The SMILES string of the molecule is CCOC(=O)c1cc(CN2C(=O)c3ccccc3C2=O)sc1NC(=O)Cc1ccc(OC)cc1OC. The molecule has 2 aromatic carbocycles. The van der Waals surface area contributed by atoms with Gasteiger partial charge in [0.15, 0.2) is 0 Å². The lowest BCUT2D eigenvalue weighted by Crippen LogP contribution is -2.28. The van der Waals surface area contributed by atoms with Gasteiger partial charge in [-0.05, 0) is 31.2 Å². The maximum absolute atomic E-state index is 12.9. The second-order valence-corrected chi connectivity index (χ2v) is 8.96. The third-order valence-electron chi connectivity index (χ3n) is 5.57. The Bertz CT molecular complexity index is 1310. The summed E-state index contributed by atoms with van der Waals surface area (Å²) in [7, 11) is 3.04. The fraction of sp³-hybridized carbons (Fsp3) is 0.231. The monoisotopic (exact) mass is 508 g/mol. The zero-order chi connectivity index (χ0) is 25.8. The molecule has 36 heavy (non-hydrogen) atoms. The highest BCUT2D eigenvalue weighted by Crippen LogP contribution is 2.33. The van der Waals surface area contributed by atoms with Gasteiger partial charge >= 0.3 is 5.97 Å². The van der Waals surface area contributed by atoms with E-state index in [0.29, 0.717) is 33.1 Å². The van der Waals surface area contributed by atoms with E-state index in [2.05, 4.69) is 5.32 Å². The van der Waals surface area contributed by atoms with E-state index in [0.717, 1.165) is 16.2 Å². The average molecular weight is 509 g/mol. The standard InChI is InChI=1S/C26H24N2O7S/c1-4-35-26(32)20-13-17(14-28-24(30)18-7-5-6-8-19(18)25(28)31)36-23(20)27-22(29)11-15-9-10-16(33-2)12-21(15)34-3/h5-10,12-13H,4,11,14H2,1-3H3,(H,27,29). The molecule has 0 aliphatic carbocycles. The first kappa shape index (κ1) is 24.9. The van der Waals surface area contributed by atoms with Crippen LogP contribution in [0.25, 0.3) is 0 Å². The predicted molar refractivity (Wildman–Crippen MR) is 133 cm³/mol. The topological polar surface area (TPSA) is 111 Å². The number of nitrogens with one attached hydrogen (secondary N) is 1. The number of rotatable bonds is 9. The number of hydrogen-bond donors (Lipinski definition) is 1. The first-order chi connectivity index (χ1) is 17.4. The molecule has 0 saturated heterocycles. The highest BCUT2D eigenvalue weighted by Gasteiger charge is 2.35. The number of fused-ring (bicyclic) bond motifs is 1. The van der Waals surface area contributed by atoms with Crippen molar-refractivity contribution in [2.75, 3.05) is 26.1 Å². The molecule has 0 radical (unpaired) electrons. The van der Waals surface area contributed by atoms with E-state index < -0.39 is 17.8 Å². The lowest BCUT2D eigenvalue weighted by Gasteiger charge is -2.12. The second kappa shape index (κ2) is 10.6. The lowest BCUT2D eigenvalue weighted by molar-refractivity contribution is -0.115. The molecular weight excluding hydrogens is 484 g/mol. The molecule has 4 rings (SSSR count). The summed E-state index contributed by atoms with van der Waals surface area (Å²) in [5.74, 6) is -0.708. The normalized spacial score (nSPS) is 12.4. The Morgan fingerprint density at radius 2 is 1.67 bits per heavy atom. The van der Waals surface area contributed by atoms with Crippen molar-refractivity contribution >= 4 is 40.0 Å². The van der Waals surface area contributed by atoms with Gasteiger partial charge in [0.1, 0.15) is 16.5 Å². The third-order valence-corrected chi connectivity index (χ3v) is 6.60. The molecule has 0 unspecified atom stereocenters. The van der Waals surface area contributed by atoms with Gasteiger partial charge in [0, 0.05) is 16.5 Å². The second-order valence-electron chi connectivity index (χ2n) is 7.82. The number of nitrogens with zero attached hydrogens (tertiary/aromatic N) is 1. The number of carbonyl (C=O) groups is 4. The number of benzene rings is 2. The maximum atomic E-state index is 12.9. The molecule has 2 heterocycles. The van der Waals surface area contributed by atoms with Gasteiger partial charge in [-0.2, -0.15) is 0 Å². The van der Waals surface area contributed by atoms with Crippen molar-refractivity contribution < 1.29 is 33.4 Å². The van der Waals surface area contributed by atoms with Crippen LogP contribution in [0.2, 0.25) is 0 Å². The molecule has 1 N–H and O–H groups in total. The summed E-state index contributed by atoms with van der Waals surface area (Å²) in [4.78, 5) is 52.6. The number of imide groups is 1. The van der Waals surface area contributed by atoms with Gasteiger partial charge in [-0.25, -0.2) is 4.79 Å². The first-order valence-corrected chi connectivity index (χ1v) is 11.9. The van der Waals surface area contributed by atoms with Gasteiger partial charge in [-0.15, -0.1) is 11.3 Å². The molecule has 1 aromatic heterocycles. The van der Waals surface area contributed by atoms with E-state index in [4.69, 9.17) is 14.2 Å². The van der Waals surface area contributed by atoms with Gasteiger partial charge in [0.25, 0.3) is 11.8 Å². The number of thiophene rings is 1. The average Bonchev–Trinajstić information content (AvgIpc) is 3.38. The zero-order valence-corrected chi connectivity index (χ0v) is 20.8. The van der Waals surface area contributed by atoms with Crippen LogP contribution in [0.4, 0.5) is 5.00 Å². The molecule has 3 amide bonds. The molecule has 0 saturated carbocycles. The van der Waals surface area contributed by atoms with Crippen LogP contribution < -0.4 is 14.8 Å². The number of esters is 1. The summed E-state index contributed by atoms with van der Waals surface area (Å²) < 4.78 is 15.7. The Labute approximate surface area is 211 Å². The molecule has 1 aliphatic rings. The van der Waals surface area contributed by atoms with Gasteiger partial charge in [0.2, 0.25) is 5.91 Å². The number of ether oxygens (including phenoxy) is 3. The molecule has 10 heteroatoms. The summed E-state index contributed by atoms with van der Waals surface area (Å²) >= 11 is 1.11. The quantitative estimate of drug-likeness (QED) is 0.344. The van der Waals surface area contributed by atoms with E-state index in [-0.39, 0.29) is 36.0 Å². The largest absolute Gasteiger partial charge is 0.497 e. The van der Waals surface area contributed by atoms with Crippen LogP contribution in [0.5, 0.6) is 11.5 Å². The maximum Gasteiger partial charge on any atom is 0.341 e. The van der Waals surface area contributed by atoms with E-state index >= 15 is 0 Å². The van der Waals surface area contributed by atoms with Crippen molar-refractivity contribution in [2.24, 2.45) is 0 Å². The van der Waals surface area contributed by atoms with Crippen LogP contribution in [0, 0.1) is 0 Å². The van der Waals surface area contributed by atoms with Crippen molar-refractivity contribution in [3.8, 4) is 11.5 Å². The molecule has 0 fully saturated rings. The molecule has 0 spiro atoms. The van der Waals surface area contributed by atoms with Crippen LogP contribution in [0.1, 0.15) is 48.4 Å². The molecule has 9 nitrogen and oxygen atoms in total. The number of amides is 3. The Hall–Kier alpha value is -4.18. The minimum atomic E-state index is -0.611. The van der Waals surface area contributed by atoms with E-state index in [1.54, 1.807) is 49.4 Å². The predicted octanol–water partition coefficient (Wildman–Crippen LogP) is 3.92. The van der Waals surface area contributed by atoms with Crippen LogP contribution in [-0.4, -0.2) is 49.4 Å². The Kier molecular flexibility index (Phi) is 7.35. The van der Waals surface area contributed by atoms with Crippen LogP contribution in [0.15, 0.2) is 48.5 Å². The fourth-order valence-corrected chi connectivity index (χ4v) is 4.90. The fourth-order valence-electron chi connectivity index (χ4n) is 3.85. The van der Waals surface area contributed by atoms with Gasteiger partial charge < -0.3 is 19.5 Å². The van der Waals surface area contributed by atoms with Gasteiger partial charge in [-0.3, -0.25) is 19.3 Å². The van der Waals surface area contributed by atoms with Crippen molar-refractivity contribution in [3.05, 3.63) is 75.7 Å². The Morgan fingerprint density at radius 3 is 2.28 bits per heavy atom. The van der Waals surface area contributed by atoms with Crippen LogP contribution in [-0.2, 0) is 22.5 Å². The molecule has 1 aliphatic heterocycles. The molecular formula is C26H24N2O7S. The highest BCUT2D eigenvalue weighted by molar-refractivity contribution is 7.16. The molecule has 0 bridgehead atoms. The minimum Gasteiger partial charge on any atom is -0.497 e. The molecule has 3 aromatic rings. The first-order valence-electron chi connectivity index (χ1n) is 11.1. The Balaban J connectivity index is 1.56. The van der Waals surface area contributed by atoms with Crippen LogP contribution >= 0.6 is 11.3 Å². The van der Waals surface area contributed by atoms with Gasteiger partial charge in [0.05, 0.1) is 50.5 Å². The lowest BCUT2D eigenvalue weighted by atomic mass is 10.1. The number of carbonyl (C=O) groups excluding carboxylic acids is 4. The third kappa shape index (κ3) is 4.94.